The maximum Gasteiger partial charge on any atom is 0.387 e. The zero-order valence-electron chi connectivity index (χ0n) is 11.0. The number of allylic oxidation sites excluding steroid dienone is 1. The van der Waals surface area contributed by atoms with Crippen molar-refractivity contribution in [3.05, 3.63) is 46.4 Å². The van der Waals surface area contributed by atoms with E-state index in [2.05, 4.69) is 9.72 Å². The van der Waals surface area contributed by atoms with Crippen LogP contribution in [0.5, 0.6) is 11.5 Å². The first-order valence-electron chi connectivity index (χ1n) is 5.85. The van der Waals surface area contributed by atoms with Crippen molar-refractivity contribution in [2.45, 2.75) is 6.61 Å². The van der Waals surface area contributed by atoms with Crippen molar-refractivity contribution in [1.29, 1.82) is 0 Å². The number of carbonyl (C=O) groups is 1. The Labute approximate surface area is 123 Å². The van der Waals surface area contributed by atoms with Crippen LogP contribution >= 0.6 is 11.3 Å². The van der Waals surface area contributed by atoms with Gasteiger partial charge in [-0.05, 0) is 30.4 Å². The Hall–Kier alpha value is -2.28. The number of thiazole rings is 1. The van der Waals surface area contributed by atoms with Gasteiger partial charge in [-0.2, -0.15) is 8.78 Å². The molecule has 0 saturated heterocycles. The fraction of sp³-hybridized carbons (Fsp3) is 0.143. The lowest BCUT2D eigenvalue weighted by Crippen LogP contribution is -2.04. The normalized spacial score (nSPS) is 11.0. The van der Waals surface area contributed by atoms with E-state index in [9.17, 15) is 13.6 Å². The van der Waals surface area contributed by atoms with Gasteiger partial charge in [-0.25, -0.2) is 4.98 Å². The molecule has 7 heteroatoms. The fourth-order valence-electron chi connectivity index (χ4n) is 1.57. The first-order chi connectivity index (χ1) is 10.1. The van der Waals surface area contributed by atoms with Crippen LogP contribution in [0.2, 0.25) is 0 Å². The van der Waals surface area contributed by atoms with E-state index in [-0.39, 0.29) is 17.3 Å². The Morgan fingerprint density at radius 1 is 1.38 bits per heavy atom. The van der Waals surface area contributed by atoms with E-state index in [1.54, 1.807) is 17.7 Å². The Morgan fingerprint density at radius 2 is 2.19 bits per heavy atom. The summed E-state index contributed by atoms with van der Waals surface area (Å²) in [5.41, 5.74) is 0.307. The molecular formula is C14H11F2NO3S. The van der Waals surface area contributed by atoms with E-state index in [0.717, 1.165) is 0 Å². The lowest BCUT2D eigenvalue weighted by molar-refractivity contribution is -0.0512. The summed E-state index contributed by atoms with van der Waals surface area (Å²) in [6, 6.07) is 4.02. The molecule has 4 nitrogen and oxygen atoms in total. The van der Waals surface area contributed by atoms with Crippen LogP contribution in [0.25, 0.3) is 6.08 Å². The van der Waals surface area contributed by atoms with Crippen molar-refractivity contribution < 1.29 is 23.0 Å². The van der Waals surface area contributed by atoms with Crippen LogP contribution in [0.3, 0.4) is 0 Å². The number of carbonyl (C=O) groups excluding carboxylic acids is 1. The molecule has 0 aliphatic rings. The number of ether oxygens (including phenoxy) is 2. The number of ketones is 1. The molecule has 2 rings (SSSR count). The van der Waals surface area contributed by atoms with Gasteiger partial charge in [0.2, 0.25) is 0 Å². The van der Waals surface area contributed by atoms with E-state index in [1.807, 2.05) is 0 Å². The number of hydrogen-bond acceptors (Lipinski definition) is 5. The minimum absolute atomic E-state index is 0.0730. The molecule has 0 radical (unpaired) electrons. The topological polar surface area (TPSA) is 48.4 Å². The third-order valence-corrected chi connectivity index (χ3v) is 3.23. The number of rotatable bonds is 6. The first kappa shape index (κ1) is 15.1. The van der Waals surface area contributed by atoms with Crippen molar-refractivity contribution >= 4 is 23.2 Å². The van der Waals surface area contributed by atoms with Gasteiger partial charge in [0, 0.05) is 17.1 Å². The van der Waals surface area contributed by atoms with Crippen LogP contribution in [0.1, 0.15) is 15.4 Å². The minimum atomic E-state index is -2.95. The molecule has 0 fully saturated rings. The van der Waals surface area contributed by atoms with E-state index in [0.29, 0.717) is 10.6 Å². The second kappa shape index (κ2) is 6.94. The highest BCUT2D eigenvalue weighted by Gasteiger charge is 2.13. The van der Waals surface area contributed by atoms with Gasteiger partial charge in [0.05, 0.1) is 7.11 Å². The molecular weight excluding hydrogens is 300 g/mol. The van der Waals surface area contributed by atoms with Crippen molar-refractivity contribution in [3.63, 3.8) is 0 Å². The quantitative estimate of drug-likeness (QED) is 0.603. The number of nitrogens with zero attached hydrogens (tertiary/aromatic N) is 1. The fourth-order valence-corrected chi connectivity index (χ4v) is 2.10. The molecule has 0 bridgehead atoms. The van der Waals surface area contributed by atoms with Crippen molar-refractivity contribution in [2.24, 2.45) is 0 Å². The zero-order valence-corrected chi connectivity index (χ0v) is 11.8. The highest BCUT2D eigenvalue weighted by molar-refractivity contribution is 7.10. The lowest BCUT2D eigenvalue weighted by Gasteiger charge is -2.10. The van der Waals surface area contributed by atoms with Gasteiger partial charge in [-0.15, -0.1) is 11.3 Å². The number of benzene rings is 1. The lowest BCUT2D eigenvalue weighted by atomic mass is 10.1. The maximum absolute atomic E-state index is 12.2. The smallest absolute Gasteiger partial charge is 0.387 e. The van der Waals surface area contributed by atoms with Gasteiger partial charge in [-0.1, -0.05) is 0 Å². The Bertz CT molecular complexity index is 642. The molecule has 2 aromatic rings. The number of halogens is 2. The SMILES string of the molecule is COc1cc(C(=O)C=Cc2nccs2)ccc1OC(F)F. The summed E-state index contributed by atoms with van der Waals surface area (Å²) in [6.45, 7) is -2.95. The molecule has 110 valence electrons. The van der Waals surface area contributed by atoms with Crippen LogP contribution in [-0.4, -0.2) is 24.5 Å². The second-order valence-electron chi connectivity index (χ2n) is 3.81. The summed E-state index contributed by atoms with van der Waals surface area (Å²) in [6.07, 6.45) is 4.58. The minimum Gasteiger partial charge on any atom is -0.493 e. The molecule has 1 heterocycles. The van der Waals surface area contributed by atoms with Crippen molar-refractivity contribution in [2.75, 3.05) is 7.11 Å². The predicted octanol–water partition coefficient (Wildman–Crippen LogP) is 3.65. The number of alkyl halides is 2. The summed E-state index contributed by atoms with van der Waals surface area (Å²) in [4.78, 5) is 16.0. The molecule has 21 heavy (non-hydrogen) atoms. The van der Waals surface area contributed by atoms with Gasteiger partial charge >= 0.3 is 6.61 Å². The van der Waals surface area contributed by atoms with Gasteiger partial charge in [0.25, 0.3) is 0 Å². The molecule has 0 spiro atoms. The van der Waals surface area contributed by atoms with Gasteiger partial charge in [0.15, 0.2) is 17.3 Å². The van der Waals surface area contributed by atoms with Crippen LogP contribution in [0.4, 0.5) is 8.78 Å². The largest absolute Gasteiger partial charge is 0.493 e. The summed E-state index contributed by atoms with van der Waals surface area (Å²) < 4.78 is 33.7. The van der Waals surface area contributed by atoms with Crippen molar-refractivity contribution in [1.82, 2.24) is 4.98 Å². The third kappa shape index (κ3) is 4.09. The monoisotopic (exact) mass is 311 g/mol. The van der Waals surface area contributed by atoms with E-state index in [1.165, 1.54) is 42.7 Å². The summed E-state index contributed by atoms with van der Waals surface area (Å²) in [5, 5.41) is 2.50. The van der Waals surface area contributed by atoms with Crippen LogP contribution in [0.15, 0.2) is 35.9 Å². The van der Waals surface area contributed by atoms with E-state index < -0.39 is 6.61 Å². The predicted molar refractivity (Wildman–Crippen MR) is 75.1 cm³/mol. The molecule has 0 N–H and O–H groups in total. The number of hydrogen-bond donors (Lipinski definition) is 0. The highest BCUT2D eigenvalue weighted by atomic mass is 32.1. The average molecular weight is 311 g/mol. The molecule has 0 saturated carbocycles. The van der Waals surface area contributed by atoms with E-state index in [4.69, 9.17) is 4.74 Å². The maximum atomic E-state index is 12.2. The summed E-state index contributed by atoms with van der Waals surface area (Å²) in [5.74, 6) is -0.330. The van der Waals surface area contributed by atoms with E-state index >= 15 is 0 Å². The van der Waals surface area contributed by atoms with Gasteiger partial charge in [-0.3, -0.25) is 4.79 Å². The van der Waals surface area contributed by atoms with Crippen LogP contribution < -0.4 is 9.47 Å². The molecule has 0 aliphatic carbocycles. The molecule has 1 aromatic heterocycles. The third-order valence-electron chi connectivity index (χ3n) is 2.49. The van der Waals surface area contributed by atoms with Gasteiger partial charge in [0.1, 0.15) is 5.01 Å². The standard InChI is InChI=1S/C14H11F2NO3S/c1-19-12-8-9(2-4-11(12)20-14(15)16)10(18)3-5-13-17-6-7-21-13/h2-8,14H,1H3. The average Bonchev–Trinajstić information content (AvgIpc) is 2.98. The highest BCUT2D eigenvalue weighted by Crippen LogP contribution is 2.29. The van der Waals surface area contributed by atoms with Gasteiger partial charge < -0.3 is 9.47 Å². The summed E-state index contributed by atoms with van der Waals surface area (Å²) in [7, 11) is 1.31. The first-order valence-corrected chi connectivity index (χ1v) is 6.73. The second-order valence-corrected chi connectivity index (χ2v) is 4.74. The Morgan fingerprint density at radius 3 is 2.81 bits per heavy atom. The van der Waals surface area contributed by atoms with Crippen LogP contribution in [0, 0.1) is 0 Å². The molecule has 0 aliphatic heterocycles. The number of methoxy groups -OCH3 is 1. The molecule has 1 aromatic carbocycles. The van der Waals surface area contributed by atoms with Crippen molar-refractivity contribution in [3.8, 4) is 11.5 Å². The Balaban J connectivity index is 2.18. The summed E-state index contributed by atoms with van der Waals surface area (Å²) >= 11 is 1.40. The molecule has 0 unspecified atom stereocenters. The molecule has 0 amide bonds. The zero-order chi connectivity index (χ0) is 15.2. The van der Waals surface area contributed by atoms with Crippen LogP contribution in [-0.2, 0) is 0 Å². The molecule has 0 atom stereocenters. The Kier molecular flexibility index (Phi) is 4.99. The number of aromatic nitrogens is 1.